The molecule has 8 atom stereocenters. The second kappa shape index (κ2) is 14.1. The van der Waals surface area contributed by atoms with Crippen LogP contribution in [0.1, 0.15) is 153 Å². The number of allylic oxidation sites excluding steroid dienone is 8. The molecule has 52 heavy (non-hydrogen) atoms. The standard InChI is InChI=1S/C48H66O4/c1-31(2)33-15-19-39-35(27-33)17-21-41-45(5,23-11-25-47(39,41)7)29-51-43(49)37-13-9-10-14-38(37)44(50)52-30-46(6)24-12-26-48(8)40-20-16-34(32(3)4)28-36(40)18-22-42(46)48/h9-10,13-14,17-18,27-28,31-32,39-42H,11-12,15-16,19-26,29-30H2,1-8H3/t39-,40-,41-,42-,45-,46-,47+,48+/m0/s1. The van der Waals surface area contributed by atoms with Crippen LogP contribution in [-0.2, 0) is 9.47 Å². The molecule has 0 spiro atoms. The van der Waals surface area contributed by atoms with Gasteiger partial charge < -0.3 is 9.47 Å². The Morgan fingerprint density at radius 3 is 1.44 bits per heavy atom. The number of hydrogen-bond donors (Lipinski definition) is 0. The number of ether oxygens (including phenoxy) is 2. The summed E-state index contributed by atoms with van der Waals surface area (Å²) in [4.78, 5) is 27.7. The summed E-state index contributed by atoms with van der Waals surface area (Å²) in [6.45, 7) is 19.7. The second-order valence-electron chi connectivity index (χ2n) is 19.6. The van der Waals surface area contributed by atoms with Crippen molar-refractivity contribution in [3.05, 3.63) is 82.0 Å². The van der Waals surface area contributed by atoms with Gasteiger partial charge in [0, 0.05) is 10.8 Å². The molecule has 0 bridgehead atoms. The van der Waals surface area contributed by atoms with Gasteiger partial charge in [-0.2, -0.15) is 0 Å². The van der Waals surface area contributed by atoms with Gasteiger partial charge >= 0.3 is 11.9 Å². The molecule has 1 aromatic rings. The third kappa shape index (κ3) is 6.51. The van der Waals surface area contributed by atoms with Crippen LogP contribution >= 0.6 is 0 Å². The van der Waals surface area contributed by atoms with Crippen LogP contribution in [0.3, 0.4) is 0 Å². The van der Waals surface area contributed by atoms with Crippen LogP contribution in [0.5, 0.6) is 0 Å². The third-order valence-corrected chi connectivity index (χ3v) is 15.8. The molecule has 0 radical (unpaired) electrons. The monoisotopic (exact) mass is 706 g/mol. The van der Waals surface area contributed by atoms with Gasteiger partial charge in [0.15, 0.2) is 0 Å². The van der Waals surface area contributed by atoms with Crippen LogP contribution in [0.25, 0.3) is 0 Å². The smallest absolute Gasteiger partial charge is 0.339 e. The van der Waals surface area contributed by atoms with Gasteiger partial charge in [0.25, 0.3) is 0 Å². The van der Waals surface area contributed by atoms with Crippen LogP contribution in [0.2, 0.25) is 0 Å². The van der Waals surface area contributed by atoms with Gasteiger partial charge in [0.2, 0.25) is 0 Å². The zero-order chi connectivity index (χ0) is 37.1. The number of hydrogen-bond acceptors (Lipinski definition) is 4. The van der Waals surface area contributed by atoms with E-state index in [-0.39, 0.29) is 21.7 Å². The average Bonchev–Trinajstić information content (AvgIpc) is 3.12. The van der Waals surface area contributed by atoms with E-state index in [0.29, 0.717) is 59.8 Å². The topological polar surface area (TPSA) is 52.6 Å². The van der Waals surface area contributed by atoms with E-state index in [1.54, 1.807) is 34.4 Å². The number of benzene rings is 1. The van der Waals surface area contributed by atoms with E-state index < -0.39 is 11.9 Å². The summed E-state index contributed by atoms with van der Waals surface area (Å²) in [5.74, 6) is 2.44. The maximum absolute atomic E-state index is 13.9. The molecule has 2 saturated carbocycles. The minimum absolute atomic E-state index is 0.108. The lowest BCUT2D eigenvalue weighted by atomic mass is 9.47. The first-order valence-electron chi connectivity index (χ1n) is 20.9. The Labute approximate surface area is 315 Å². The molecule has 2 fully saturated rings. The van der Waals surface area contributed by atoms with E-state index in [1.165, 1.54) is 38.5 Å². The van der Waals surface area contributed by atoms with Crippen LogP contribution in [0.15, 0.2) is 70.9 Å². The molecule has 4 nitrogen and oxygen atoms in total. The van der Waals surface area contributed by atoms with Crippen LogP contribution < -0.4 is 0 Å². The van der Waals surface area contributed by atoms with Crippen molar-refractivity contribution in [2.75, 3.05) is 13.2 Å². The Kier molecular flexibility index (Phi) is 10.1. The van der Waals surface area contributed by atoms with Gasteiger partial charge in [0.05, 0.1) is 24.3 Å². The van der Waals surface area contributed by atoms with Crippen molar-refractivity contribution in [1.29, 1.82) is 0 Å². The molecule has 0 aliphatic heterocycles. The SMILES string of the molecule is CC(C)C1=CC2=CC[C@H]3[C@](C)(COC(=O)c4ccccc4C(=O)OC[C@]4(C)CCC[C@]5(C)[C@H]6CCC(C(C)C)=CC6=CC[C@@H]45)CCC[C@]3(C)[C@H]2CC1. The lowest BCUT2D eigenvalue weighted by Crippen LogP contribution is -2.52. The predicted octanol–water partition coefficient (Wildman–Crippen LogP) is 12.3. The van der Waals surface area contributed by atoms with Gasteiger partial charge in [-0.05, 0) is 134 Å². The van der Waals surface area contributed by atoms with Crippen molar-refractivity contribution in [1.82, 2.24) is 0 Å². The summed E-state index contributed by atoms with van der Waals surface area (Å²) < 4.78 is 12.4. The summed E-state index contributed by atoms with van der Waals surface area (Å²) in [6.07, 6.45) is 23.8. The summed E-state index contributed by atoms with van der Waals surface area (Å²) in [6, 6.07) is 7.12. The number of carbonyl (C=O) groups is 2. The van der Waals surface area contributed by atoms with Crippen molar-refractivity contribution in [3.8, 4) is 0 Å². The Balaban J connectivity index is 1.03. The predicted molar refractivity (Wildman–Crippen MR) is 211 cm³/mol. The molecule has 1 aromatic carbocycles. The second-order valence-corrected chi connectivity index (χ2v) is 19.6. The van der Waals surface area contributed by atoms with Crippen molar-refractivity contribution < 1.29 is 19.1 Å². The maximum Gasteiger partial charge on any atom is 0.339 e. The first kappa shape index (κ1) is 37.4. The van der Waals surface area contributed by atoms with Crippen LogP contribution in [0.4, 0.5) is 0 Å². The van der Waals surface area contributed by atoms with Gasteiger partial charge in [-0.1, -0.05) is 116 Å². The number of rotatable bonds is 8. The first-order valence-corrected chi connectivity index (χ1v) is 20.9. The zero-order valence-electron chi connectivity index (χ0n) is 33.6. The van der Waals surface area contributed by atoms with Crippen molar-refractivity contribution in [2.24, 2.45) is 57.2 Å². The minimum Gasteiger partial charge on any atom is -0.461 e. The fourth-order valence-corrected chi connectivity index (χ4v) is 12.7. The highest BCUT2D eigenvalue weighted by Gasteiger charge is 2.56. The highest BCUT2D eigenvalue weighted by Crippen LogP contribution is 2.63. The molecule has 6 aliphatic carbocycles. The average molecular weight is 707 g/mol. The molecule has 0 N–H and O–H groups in total. The number of fused-ring (bicyclic) bond motifs is 6. The van der Waals surface area contributed by atoms with Gasteiger partial charge in [-0.3, -0.25) is 0 Å². The fraction of sp³-hybridized carbons (Fsp3) is 0.667. The molecule has 282 valence electrons. The largest absolute Gasteiger partial charge is 0.461 e. The molecule has 0 heterocycles. The number of esters is 2. The highest BCUT2D eigenvalue weighted by atomic mass is 16.5. The quantitative estimate of drug-likeness (QED) is 0.253. The lowest BCUT2D eigenvalue weighted by molar-refractivity contribution is -0.0794. The Bertz CT molecular complexity index is 1570. The molecule has 0 saturated heterocycles. The van der Waals surface area contributed by atoms with Gasteiger partial charge in [0.1, 0.15) is 0 Å². The first-order chi connectivity index (χ1) is 24.7. The summed E-state index contributed by atoms with van der Waals surface area (Å²) in [7, 11) is 0. The third-order valence-electron chi connectivity index (χ3n) is 15.8. The van der Waals surface area contributed by atoms with E-state index in [9.17, 15) is 9.59 Å². The zero-order valence-corrected chi connectivity index (χ0v) is 33.6. The molecule has 6 aliphatic rings. The summed E-state index contributed by atoms with van der Waals surface area (Å²) in [5.41, 5.74) is 7.09. The molecular weight excluding hydrogens is 641 g/mol. The van der Waals surface area contributed by atoms with E-state index in [4.69, 9.17) is 9.47 Å². The Morgan fingerprint density at radius 2 is 1.06 bits per heavy atom. The van der Waals surface area contributed by atoms with Gasteiger partial charge in [-0.25, -0.2) is 9.59 Å². The lowest BCUT2D eigenvalue weighted by Gasteiger charge is -2.58. The fourth-order valence-electron chi connectivity index (χ4n) is 12.7. The van der Waals surface area contributed by atoms with Crippen molar-refractivity contribution in [3.63, 3.8) is 0 Å². The molecule has 0 amide bonds. The van der Waals surface area contributed by atoms with E-state index >= 15 is 0 Å². The molecule has 0 unspecified atom stereocenters. The Morgan fingerprint density at radius 1 is 0.654 bits per heavy atom. The molecular formula is C48H66O4. The molecule has 0 aromatic heterocycles. The van der Waals surface area contributed by atoms with Crippen molar-refractivity contribution in [2.45, 2.75) is 132 Å². The maximum atomic E-state index is 13.9. The minimum atomic E-state index is -0.414. The highest BCUT2D eigenvalue weighted by molar-refractivity contribution is 6.03. The van der Waals surface area contributed by atoms with Crippen LogP contribution in [-0.4, -0.2) is 25.2 Å². The molecule has 4 heteroatoms. The Hall–Kier alpha value is -2.88. The van der Waals surface area contributed by atoms with Crippen molar-refractivity contribution >= 4 is 11.9 Å². The van der Waals surface area contributed by atoms with E-state index in [0.717, 1.165) is 38.5 Å². The van der Waals surface area contributed by atoms with E-state index in [1.807, 2.05) is 12.1 Å². The normalized spacial score (nSPS) is 37.0. The summed E-state index contributed by atoms with van der Waals surface area (Å²) >= 11 is 0. The number of carbonyl (C=O) groups excluding carboxylic acids is 2. The summed E-state index contributed by atoms with van der Waals surface area (Å²) in [5, 5.41) is 0. The molecule has 7 rings (SSSR count). The van der Waals surface area contributed by atoms with E-state index in [2.05, 4.69) is 79.7 Å². The van der Waals surface area contributed by atoms with Crippen LogP contribution in [0, 0.1) is 57.2 Å². The van der Waals surface area contributed by atoms with Gasteiger partial charge in [-0.15, -0.1) is 0 Å².